The van der Waals surface area contributed by atoms with E-state index in [0.717, 1.165) is 12.8 Å². The van der Waals surface area contributed by atoms with Gasteiger partial charge in [-0.05, 0) is 44.6 Å². The van der Waals surface area contributed by atoms with Crippen molar-refractivity contribution in [3.8, 4) is 0 Å². The van der Waals surface area contributed by atoms with Gasteiger partial charge in [-0.2, -0.15) is 0 Å². The van der Waals surface area contributed by atoms with Crippen molar-refractivity contribution in [1.82, 2.24) is 14.5 Å². The van der Waals surface area contributed by atoms with Crippen LogP contribution >= 0.6 is 23.1 Å². The van der Waals surface area contributed by atoms with E-state index in [-0.39, 0.29) is 11.5 Å². The maximum Gasteiger partial charge on any atom is 0.271 e. The van der Waals surface area contributed by atoms with Crippen LogP contribution in [0.15, 0.2) is 21.4 Å². The van der Waals surface area contributed by atoms with Gasteiger partial charge in [0.1, 0.15) is 4.70 Å². The molecular weight excluding hydrogens is 330 g/mol. The van der Waals surface area contributed by atoms with Gasteiger partial charge in [0, 0.05) is 19.1 Å². The first-order chi connectivity index (χ1) is 11.0. The normalized spacial score (nSPS) is 21.8. The molecule has 1 aliphatic heterocycles. The van der Waals surface area contributed by atoms with Crippen LogP contribution in [0, 0.1) is 0 Å². The number of fused-ring (bicyclic) bond motifs is 1. The van der Waals surface area contributed by atoms with Gasteiger partial charge in [-0.25, -0.2) is 4.98 Å². The number of likely N-dealkylation sites (tertiary alicyclic amines) is 1. The van der Waals surface area contributed by atoms with Crippen LogP contribution in [0.3, 0.4) is 0 Å². The summed E-state index contributed by atoms with van der Waals surface area (Å²) in [5.74, 6) is 0.458. The first kappa shape index (κ1) is 16.5. The van der Waals surface area contributed by atoms with Crippen LogP contribution in [0.5, 0.6) is 0 Å². The molecule has 0 saturated carbocycles. The Labute approximate surface area is 143 Å². The van der Waals surface area contributed by atoms with E-state index >= 15 is 0 Å². The van der Waals surface area contributed by atoms with E-state index < -0.39 is 0 Å². The molecule has 0 N–H and O–H groups in total. The molecule has 1 fully saturated rings. The maximum absolute atomic E-state index is 12.6. The summed E-state index contributed by atoms with van der Waals surface area (Å²) >= 11 is 2.75. The monoisotopic (exact) mass is 351 g/mol. The van der Waals surface area contributed by atoms with Gasteiger partial charge in [0.2, 0.25) is 5.91 Å². The molecule has 0 spiro atoms. The van der Waals surface area contributed by atoms with E-state index in [2.05, 4.69) is 18.8 Å². The lowest BCUT2D eigenvalue weighted by atomic mass is 9.98. The molecule has 0 aromatic carbocycles. The summed E-state index contributed by atoms with van der Waals surface area (Å²) < 4.78 is 2.21. The highest BCUT2D eigenvalue weighted by Gasteiger charge is 2.28. The van der Waals surface area contributed by atoms with Gasteiger partial charge in [-0.15, -0.1) is 11.3 Å². The van der Waals surface area contributed by atoms with Crippen molar-refractivity contribution in [1.29, 1.82) is 0 Å². The molecular formula is C16H21N3O2S2. The molecule has 2 aromatic heterocycles. The summed E-state index contributed by atoms with van der Waals surface area (Å²) in [6.07, 6.45) is 3.32. The van der Waals surface area contributed by atoms with Crippen LogP contribution in [0.25, 0.3) is 10.2 Å². The van der Waals surface area contributed by atoms with Gasteiger partial charge in [0.15, 0.2) is 5.16 Å². The van der Waals surface area contributed by atoms with Gasteiger partial charge >= 0.3 is 0 Å². The molecule has 2 atom stereocenters. The van der Waals surface area contributed by atoms with Crippen molar-refractivity contribution in [3.63, 3.8) is 0 Å². The molecule has 1 saturated heterocycles. The molecule has 2 aromatic rings. The van der Waals surface area contributed by atoms with Crippen molar-refractivity contribution in [2.45, 2.75) is 50.4 Å². The molecule has 0 radical (unpaired) electrons. The van der Waals surface area contributed by atoms with E-state index in [1.54, 1.807) is 11.6 Å². The Morgan fingerprint density at radius 2 is 2.09 bits per heavy atom. The molecule has 0 bridgehead atoms. The Hall–Kier alpha value is -1.34. The maximum atomic E-state index is 12.6. The zero-order valence-electron chi connectivity index (χ0n) is 13.6. The average Bonchev–Trinajstić information content (AvgIpc) is 2.98. The standard InChI is InChI=1S/C16H21N3O2S2/c1-10-5-4-6-11(2)19(10)13(20)9-23-16-17-12-7-8-22-14(12)15(21)18(16)3/h7-8,10-11H,4-6,9H2,1-3H3. The summed E-state index contributed by atoms with van der Waals surface area (Å²) in [6.45, 7) is 4.23. The lowest BCUT2D eigenvalue weighted by Gasteiger charge is -2.39. The third kappa shape index (κ3) is 3.17. The Balaban J connectivity index is 1.76. The molecule has 23 heavy (non-hydrogen) atoms. The minimum absolute atomic E-state index is 0.0420. The van der Waals surface area contributed by atoms with E-state index in [9.17, 15) is 9.59 Å². The molecule has 7 heteroatoms. The fourth-order valence-corrected chi connectivity index (χ4v) is 4.86. The topological polar surface area (TPSA) is 55.2 Å². The van der Waals surface area contributed by atoms with Crippen LogP contribution in [0.1, 0.15) is 33.1 Å². The molecule has 124 valence electrons. The number of carbonyl (C=O) groups is 1. The number of hydrogen-bond acceptors (Lipinski definition) is 5. The van der Waals surface area contributed by atoms with Crippen molar-refractivity contribution in [2.75, 3.05) is 5.75 Å². The van der Waals surface area contributed by atoms with Crippen LogP contribution in [-0.4, -0.2) is 38.2 Å². The first-order valence-electron chi connectivity index (χ1n) is 7.87. The van der Waals surface area contributed by atoms with Crippen molar-refractivity contribution in [3.05, 3.63) is 21.8 Å². The third-order valence-electron chi connectivity index (χ3n) is 4.45. The molecule has 1 aliphatic rings. The SMILES string of the molecule is CC1CCCC(C)N1C(=O)CSc1nc2ccsc2c(=O)n1C. The van der Waals surface area contributed by atoms with Crippen LogP contribution in [0.2, 0.25) is 0 Å². The summed E-state index contributed by atoms with van der Waals surface area (Å²) in [7, 11) is 1.72. The number of carbonyl (C=O) groups excluding carboxylic acids is 1. The lowest BCUT2D eigenvalue weighted by Crippen LogP contribution is -2.48. The number of rotatable bonds is 3. The number of aromatic nitrogens is 2. The second-order valence-corrected chi connectivity index (χ2v) is 7.97. The highest BCUT2D eigenvalue weighted by Crippen LogP contribution is 2.25. The minimum atomic E-state index is -0.0420. The third-order valence-corrected chi connectivity index (χ3v) is 6.36. The number of amides is 1. The van der Waals surface area contributed by atoms with Gasteiger partial charge in [-0.3, -0.25) is 14.2 Å². The number of hydrogen-bond donors (Lipinski definition) is 0. The van der Waals surface area contributed by atoms with Gasteiger partial charge in [-0.1, -0.05) is 11.8 Å². The van der Waals surface area contributed by atoms with E-state index in [4.69, 9.17) is 0 Å². The fourth-order valence-electron chi connectivity index (χ4n) is 3.21. The summed E-state index contributed by atoms with van der Waals surface area (Å²) in [4.78, 5) is 31.4. The summed E-state index contributed by atoms with van der Waals surface area (Å²) in [6, 6.07) is 2.44. The van der Waals surface area contributed by atoms with Crippen molar-refractivity contribution < 1.29 is 4.79 Å². The largest absolute Gasteiger partial charge is 0.337 e. The molecule has 3 rings (SSSR count). The highest BCUT2D eigenvalue weighted by molar-refractivity contribution is 7.99. The molecule has 5 nitrogen and oxygen atoms in total. The van der Waals surface area contributed by atoms with Gasteiger partial charge in [0.25, 0.3) is 5.56 Å². The zero-order chi connectivity index (χ0) is 16.6. The predicted octanol–water partition coefficient (Wildman–Crippen LogP) is 2.88. The number of thiophene rings is 1. The quantitative estimate of drug-likeness (QED) is 0.630. The molecule has 3 heterocycles. The number of nitrogens with zero attached hydrogens (tertiary/aromatic N) is 3. The first-order valence-corrected chi connectivity index (χ1v) is 9.73. The van der Waals surface area contributed by atoms with Crippen LogP contribution < -0.4 is 5.56 Å². The van der Waals surface area contributed by atoms with E-state index in [1.165, 1.54) is 29.5 Å². The smallest absolute Gasteiger partial charge is 0.271 e. The summed E-state index contributed by atoms with van der Waals surface area (Å²) in [5.41, 5.74) is 0.674. The number of piperidine rings is 1. The van der Waals surface area contributed by atoms with Crippen LogP contribution in [-0.2, 0) is 11.8 Å². The number of thioether (sulfide) groups is 1. The minimum Gasteiger partial charge on any atom is -0.337 e. The van der Waals surface area contributed by atoms with Crippen molar-refractivity contribution >= 4 is 39.2 Å². The predicted molar refractivity (Wildman–Crippen MR) is 95.2 cm³/mol. The van der Waals surface area contributed by atoms with E-state index in [1.807, 2.05) is 16.3 Å². The molecule has 1 amide bonds. The Kier molecular flexibility index (Phi) is 4.77. The van der Waals surface area contributed by atoms with Crippen molar-refractivity contribution in [2.24, 2.45) is 7.05 Å². The molecule has 2 unspecified atom stereocenters. The highest BCUT2D eigenvalue weighted by atomic mass is 32.2. The van der Waals surface area contributed by atoms with Gasteiger partial charge in [0.05, 0.1) is 11.3 Å². The van der Waals surface area contributed by atoms with Crippen LogP contribution in [0.4, 0.5) is 0 Å². The second-order valence-electron chi connectivity index (χ2n) is 6.11. The lowest BCUT2D eigenvalue weighted by molar-refractivity contribution is -0.134. The second kappa shape index (κ2) is 6.65. The summed E-state index contributed by atoms with van der Waals surface area (Å²) in [5, 5.41) is 2.47. The Morgan fingerprint density at radius 3 is 2.78 bits per heavy atom. The Bertz CT molecular complexity index is 773. The fraction of sp³-hybridized carbons (Fsp3) is 0.562. The van der Waals surface area contributed by atoms with Gasteiger partial charge < -0.3 is 4.90 Å². The average molecular weight is 351 g/mol. The Morgan fingerprint density at radius 1 is 1.39 bits per heavy atom. The zero-order valence-corrected chi connectivity index (χ0v) is 15.2. The molecule has 0 aliphatic carbocycles. The van der Waals surface area contributed by atoms with E-state index in [0.29, 0.717) is 33.2 Å².